The zero-order chi connectivity index (χ0) is 27.2. The molecule has 0 bridgehead atoms. The normalized spacial score (nSPS) is 27.2. The molecule has 0 amide bonds. The van der Waals surface area contributed by atoms with Crippen LogP contribution in [0, 0.1) is 22.7 Å². The second-order valence-electron chi connectivity index (χ2n) is 13.5. The molecule has 4 unspecified atom stereocenters. The fourth-order valence-corrected chi connectivity index (χ4v) is 5.73. The molecule has 4 atom stereocenters. The third-order valence-corrected chi connectivity index (χ3v) is 8.87. The highest BCUT2D eigenvalue weighted by atomic mass is 14.5. The summed E-state index contributed by atoms with van der Waals surface area (Å²) in [5.74, 6) is 1.96. The molecule has 208 valence electrons. The van der Waals surface area contributed by atoms with Crippen LogP contribution >= 0.6 is 0 Å². The summed E-state index contributed by atoms with van der Waals surface area (Å²) in [6.07, 6.45) is 28.5. The van der Waals surface area contributed by atoms with Crippen LogP contribution in [-0.4, -0.2) is 0 Å². The molecule has 2 fully saturated rings. The first-order chi connectivity index (χ1) is 17.0. The first-order valence-electron chi connectivity index (χ1n) is 15.5. The molecule has 2 aliphatic carbocycles. The van der Waals surface area contributed by atoms with Gasteiger partial charge < -0.3 is 0 Å². The van der Waals surface area contributed by atoms with E-state index in [4.69, 9.17) is 0 Å². The summed E-state index contributed by atoms with van der Waals surface area (Å²) in [4.78, 5) is 0. The van der Waals surface area contributed by atoms with Gasteiger partial charge in [0.1, 0.15) is 0 Å². The van der Waals surface area contributed by atoms with Gasteiger partial charge in [-0.3, -0.25) is 0 Å². The Kier molecular flexibility index (Phi) is 15.3. The molecule has 0 aromatic heterocycles. The lowest BCUT2D eigenvalue weighted by atomic mass is 9.95. The molecule has 0 nitrogen and oxygen atoms in total. The van der Waals surface area contributed by atoms with Crippen molar-refractivity contribution in [1.29, 1.82) is 0 Å². The van der Waals surface area contributed by atoms with Gasteiger partial charge in [0.2, 0.25) is 0 Å². The molecule has 0 heterocycles. The van der Waals surface area contributed by atoms with E-state index < -0.39 is 0 Å². The maximum atomic E-state index is 2.49. The van der Waals surface area contributed by atoms with Crippen molar-refractivity contribution >= 4 is 0 Å². The largest absolute Gasteiger partial charge is 0.0859 e. The number of allylic oxidation sites excluding steroid dienone is 8. The fraction of sp³-hybridized carbons (Fsp3) is 0.778. The van der Waals surface area contributed by atoms with Crippen molar-refractivity contribution in [2.24, 2.45) is 22.7 Å². The average molecular weight is 497 g/mol. The number of unbranched alkanes of at least 4 members (excludes halogenated alkanes) is 3. The number of hydrogen-bond acceptors (Lipinski definition) is 0. The molecule has 0 aliphatic heterocycles. The van der Waals surface area contributed by atoms with Crippen LogP contribution in [-0.2, 0) is 0 Å². The van der Waals surface area contributed by atoms with E-state index in [2.05, 4.69) is 93.5 Å². The van der Waals surface area contributed by atoms with Crippen LogP contribution in [0.2, 0.25) is 0 Å². The zero-order valence-corrected chi connectivity index (χ0v) is 26.4. The topological polar surface area (TPSA) is 0 Å². The predicted molar refractivity (Wildman–Crippen MR) is 166 cm³/mol. The standard InChI is InChI=1S/2C18H32/c1-6-7-11-16(4)13-17-14-18(17,5)12-9-8-10-15(2)3;1-6-7-10-16(4)11-12-17-14-18(17,5)13-8-9-15(2)3/h10-11,17H,6-9,12-14H2,1-5H3;9-10,17H,6-8,11-14H2,1-5H3/b16-11+;16-10+. The molecule has 0 aromatic carbocycles. The minimum absolute atomic E-state index is 0.663. The summed E-state index contributed by atoms with van der Waals surface area (Å²) in [6, 6.07) is 0. The van der Waals surface area contributed by atoms with Crippen LogP contribution in [0.15, 0.2) is 46.6 Å². The van der Waals surface area contributed by atoms with Gasteiger partial charge in [-0.2, -0.15) is 0 Å². The summed E-state index contributed by atoms with van der Waals surface area (Å²) < 4.78 is 0. The van der Waals surface area contributed by atoms with Crippen LogP contribution in [0.3, 0.4) is 0 Å². The van der Waals surface area contributed by atoms with E-state index >= 15 is 0 Å². The Balaban J connectivity index is 0.000000360. The van der Waals surface area contributed by atoms with Gasteiger partial charge in [0.15, 0.2) is 0 Å². The molecule has 0 heteroatoms. The lowest BCUT2D eigenvalue weighted by Crippen LogP contribution is -1.98. The maximum absolute atomic E-state index is 2.49. The summed E-state index contributed by atoms with van der Waals surface area (Å²) in [5, 5.41) is 0. The molecule has 0 radical (unpaired) electrons. The number of rotatable bonds is 16. The quantitative estimate of drug-likeness (QED) is 0.147. The van der Waals surface area contributed by atoms with E-state index in [1.807, 2.05) is 0 Å². The summed E-state index contributed by atoms with van der Waals surface area (Å²) >= 11 is 0. The smallest absolute Gasteiger partial charge is 0.0289 e. The van der Waals surface area contributed by atoms with Gasteiger partial charge >= 0.3 is 0 Å². The van der Waals surface area contributed by atoms with E-state index in [0.717, 1.165) is 11.8 Å². The van der Waals surface area contributed by atoms with Gasteiger partial charge in [-0.05, 0) is 141 Å². The van der Waals surface area contributed by atoms with Gasteiger partial charge in [-0.15, -0.1) is 0 Å². The third-order valence-electron chi connectivity index (χ3n) is 8.87. The van der Waals surface area contributed by atoms with Crippen molar-refractivity contribution in [1.82, 2.24) is 0 Å². The van der Waals surface area contributed by atoms with E-state index in [1.165, 1.54) is 101 Å². The Morgan fingerprint density at radius 3 is 1.75 bits per heavy atom. The lowest BCUT2D eigenvalue weighted by Gasteiger charge is -2.10. The summed E-state index contributed by atoms with van der Waals surface area (Å²) in [6.45, 7) is 22.9. The molecule has 0 aromatic rings. The van der Waals surface area contributed by atoms with Gasteiger partial charge in [0, 0.05) is 0 Å². The number of hydrogen-bond donors (Lipinski definition) is 0. The van der Waals surface area contributed by atoms with Crippen molar-refractivity contribution in [3.05, 3.63) is 46.6 Å². The van der Waals surface area contributed by atoms with Crippen LogP contribution in [0.5, 0.6) is 0 Å². The fourth-order valence-electron chi connectivity index (χ4n) is 5.73. The highest BCUT2D eigenvalue weighted by Crippen LogP contribution is 2.59. The first-order valence-corrected chi connectivity index (χ1v) is 15.5. The van der Waals surface area contributed by atoms with Crippen molar-refractivity contribution in [3.63, 3.8) is 0 Å². The SMILES string of the molecule is CCC/C=C(\C)CC1CC1(C)CCCC=C(C)C.CCC/C=C(\C)CCC1CC1(C)CCC=C(C)C. The van der Waals surface area contributed by atoms with Gasteiger partial charge in [-0.1, -0.05) is 87.1 Å². The van der Waals surface area contributed by atoms with Gasteiger partial charge in [-0.25, -0.2) is 0 Å². The van der Waals surface area contributed by atoms with Crippen molar-refractivity contribution in [2.45, 2.75) is 159 Å². The van der Waals surface area contributed by atoms with Crippen molar-refractivity contribution < 1.29 is 0 Å². The Morgan fingerprint density at radius 2 is 1.17 bits per heavy atom. The highest BCUT2D eigenvalue weighted by molar-refractivity contribution is 5.09. The molecule has 0 spiro atoms. The molecule has 2 saturated carbocycles. The van der Waals surface area contributed by atoms with Gasteiger partial charge in [0.25, 0.3) is 0 Å². The molecular formula is C36H64. The summed E-state index contributed by atoms with van der Waals surface area (Å²) in [7, 11) is 0. The van der Waals surface area contributed by atoms with Crippen molar-refractivity contribution in [2.75, 3.05) is 0 Å². The molecular weight excluding hydrogens is 432 g/mol. The second-order valence-corrected chi connectivity index (χ2v) is 13.5. The monoisotopic (exact) mass is 497 g/mol. The van der Waals surface area contributed by atoms with E-state index in [9.17, 15) is 0 Å². The Labute approximate surface area is 228 Å². The molecule has 2 aliphatic rings. The summed E-state index contributed by atoms with van der Waals surface area (Å²) in [5.41, 5.74) is 7.48. The molecule has 0 saturated heterocycles. The Morgan fingerprint density at radius 1 is 0.639 bits per heavy atom. The first kappa shape index (κ1) is 33.0. The minimum Gasteiger partial charge on any atom is -0.0859 e. The highest BCUT2D eigenvalue weighted by Gasteiger charge is 2.48. The molecule has 2 rings (SSSR count). The zero-order valence-electron chi connectivity index (χ0n) is 26.4. The van der Waals surface area contributed by atoms with Crippen LogP contribution < -0.4 is 0 Å². The van der Waals surface area contributed by atoms with E-state index in [0.29, 0.717) is 10.8 Å². The molecule has 36 heavy (non-hydrogen) atoms. The average Bonchev–Trinajstić information content (AvgIpc) is 3.66. The second kappa shape index (κ2) is 16.7. The maximum Gasteiger partial charge on any atom is -0.0289 e. The predicted octanol–water partition coefficient (Wildman–Crippen LogP) is 12.6. The minimum atomic E-state index is 0.663. The van der Waals surface area contributed by atoms with Crippen molar-refractivity contribution in [3.8, 4) is 0 Å². The molecule has 0 N–H and O–H groups in total. The Hall–Kier alpha value is -1.04. The van der Waals surface area contributed by atoms with E-state index in [1.54, 1.807) is 11.1 Å². The van der Waals surface area contributed by atoms with Crippen LogP contribution in [0.1, 0.15) is 159 Å². The van der Waals surface area contributed by atoms with Crippen LogP contribution in [0.25, 0.3) is 0 Å². The Bertz CT molecular complexity index is 736. The van der Waals surface area contributed by atoms with E-state index in [-0.39, 0.29) is 0 Å². The lowest BCUT2D eigenvalue weighted by molar-refractivity contribution is 0.444. The van der Waals surface area contributed by atoms with Crippen LogP contribution in [0.4, 0.5) is 0 Å². The van der Waals surface area contributed by atoms with Gasteiger partial charge in [0.05, 0.1) is 0 Å². The third kappa shape index (κ3) is 14.0.